The topological polar surface area (TPSA) is 97.7 Å². The van der Waals surface area contributed by atoms with Crippen molar-refractivity contribution in [2.24, 2.45) is 5.10 Å². The molecule has 0 atom stereocenters. The summed E-state index contributed by atoms with van der Waals surface area (Å²) in [6.07, 6.45) is 0. The molecule has 0 saturated heterocycles. The molecule has 1 amide bonds. The number of hydrogen-bond donors (Lipinski definition) is 1. The number of carbonyl (C=O) groups is 1. The zero-order valence-corrected chi connectivity index (χ0v) is 11.5. The molecule has 0 radical (unpaired) electrons. The van der Waals surface area contributed by atoms with Crippen molar-refractivity contribution in [2.45, 2.75) is 13.8 Å². The summed E-state index contributed by atoms with van der Waals surface area (Å²) in [7, 11) is 0. The minimum Gasteiger partial charge on any atom is -0.460 e. The zero-order chi connectivity index (χ0) is 15.4. The van der Waals surface area contributed by atoms with E-state index in [2.05, 4.69) is 10.5 Å². The van der Waals surface area contributed by atoms with Crippen molar-refractivity contribution in [3.05, 3.63) is 63.6 Å². The van der Waals surface area contributed by atoms with E-state index in [1.807, 2.05) is 0 Å². The van der Waals surface area contributed by atoms with Crippen molar-refractivity contribution in [3.63, 3.8) is 0 Å². The molecule has 0 unspecified atom stereocenters. The van der Waals surface area contributed by atoms with Gasteiger partial charge >= 0.3 is 0 Å². The third-order valence-corrected chi connectivity index (χ3v) is 2.77. The molecule has 2 aromatic rings. The van der Waals surface area contributed by atoms with Crippen LogP contribution in [0.15, 0.2) is 45.9 Å². The van der Waals surface area contributed by atoms with Crippen molar-refractivity contribution in [2.75, 3.05) is 0 Å². The van der Waals surface area contributed by atoms with Crippen LogP contribution in [0.25, 0.3) is 0 Å². The van der Waals surface area contributed by atoms with E-state index >= 15 is 0 Å². The first-order chi connectivity index (χ1) is 9.99. The Morgan fingerprint density at radius 2 is 2.00 bits per heavy atom. The molecule has 7 heteroatoms. The lowest BCUT2D eigenvalue weighted by Crippen LogP contribution is -2.20. The Bertz CT molecular complexity index is 719. The highest BCUT2D eigenvalue weighted by Gasteiger charge is 2.18. The number of benzene rings is 1. The molecule has 2 rings (SSSR count). The molecule has 7 nitrogen and oxygen atoms in total. The minimum absolute atomic E-state index is 0.0466. The number of furan rings is 1. The molecule has 1 aromatic carbocycles. The molecule has 0 aliphatic rings. The molecule has 0 aliphatic carbocycles. The normalized spacial score (nSPS) is 11.2. The van der Waals surface area contributed by atoms with Gasteiger partial charge in [-0.2, -0.15) is 5.10 Å². The van der Waals surface area contributed by atoms with E-state index in [1.54, 1.807) is 32.0 Å². The van der Waals surface area contributed by atoms with Crippen LogP contribution in [0.2, 0.25) is 0 Å². The first kappa shape index (κ1) is 14.4. The number of nitro benzene ring substituents is 1. The van der Waals surface area contributed by atoms with Crippen molar-refractivity contribution in [1.29, 1.82) is 0 Å². The Balaban J connectivity index is 2.17. The first-order valence-corrected chi connectivity index (χ1v) is 6.14. The molecule has 0 spiro atoms. The van der Waals surface area contributed by atoms with E-state index < -0.39 is 10.8 Å². The lowest BCUT2D eigenvalue weighted by molar-refractivity contribution is -0.385. The fourth-order valence-corrected chi connectivity index (χ4v) is 1.70. The highest BCUT2D eigenvalue weighted by atomic mass is 16.6. The van der Waals surface area contributed by atoms with Gasteiger partial charge in [0.05, 0.1) is 4.92 Å². The summed E-state index contributed by atoms with van der Waals surface area (Å²) in [4.78, 5) is 22.2. The van der Waals surface area contributed by atoms with Crippen molar-refractivity contribution in [3.8, 4) is 0 Å². The lowest BCUT2D eigenvalue weighted by Gasteiger charge is -2.02. The number of carbonyl (C=O) groups excluding carboxylic acids is 1. The standard InChI is InChI=1S/C14H13N3O4/c1-9-7-8-13(21-9)10(2)15-16-14(18)11-5-3-4-6-12(11)17(19)20/h3-8H,1-2H3,(H,16,18)/b15-10-. The Morgan fingerprint density at radius 1 is 1.29 bits per heavy atom. The molecular formula is C14H13N3O4. The molecule has 21 heavy (non-hydrogen) atoms. The predicted molar refractivity (Wildman–Crippen MR) is 76.2 cm³/mol. The number of hydrogen-bond acceptors (Lipinski definition) is 5. The first-order valence-electron chi connectivity index (χ1n) is 6.14. The van der Waals surface area contributed by atoms with E-state index in [9.17, 15) is 14.9 Å². The maximum Gasteiger partial charge on any atom is 0.282 e. The molecule has 0 fully saturated rings. The van der Waals surface area contributed by atoms with E-state index in [-0.39, 0.29) is 11.3 Å². The zero-order valence-electron chi connectivity index (χ0n) is 11.5. The summed E-state index contributed by atoms with van der Waals surface area (Å²) < 4.78 is 5.35. The second kappa shape index (κ2) is 6.00. The second-order valence-corrected chi connectivity index (χ2v) is 4.32. The summed E-state index contributed by atoms with van der Waals surface area (Å²) in [5.74, 6) is 0.602. The van der Waals surface area contributed by atoms with Crippen LogP contribution in [-0.2, 0) is 0 Å². The number of rotatable bonds is 4. The third-order valence-electron chi connectivity index (χ3n) is 2.77. The Labute approximate surface area is 120 Å². The molecule has 1 heterocycles. The van der Waals surface area contributed by atoms with Gasteiger partial charge in [0, 0.05) is 6.07 Å². The molecule has 1 aromatic heterocycles. The number of nitrogens with zero attached hydrogens (tertiary/aromatic N) is 2. The summed E-state index contributed by atoms with van der Waals surface area (Å²) in [5, 5.41) is 14.7. The number of hydrazone groups is 1. The SMILES string of the molecule is C/C(=N/NC(=O)c1ccccc1[N+](=O)[O-])c1ccc(C)o1. The van der Waals surface area contributed by atoms with Crippen molar-refractivity contribution < 1.29 is 14.1 Å². The minimum atomic E-state index is -0.648. The monoisotopic (exact) mass is 287 g/mol. The van der Waals surface area contributed by atoms with Crippen LogP contribution in [0.4, 0.5) is 5.69 Å². The number of nitrogens with one attached hydrogen (secondary N) is 1. The van der Waals surface area contributed by atoms with Crippen LogP contribution in [0.3, 0.4) is 0 Å². The molecule has 0 saturated carbocycles. The molecule has 1 N–H and O–H groups in total. The van der Waals surface area contributed by atoms with Crippen LogP contribution in [0, 0.1) is 17.0 Å². The summed E-state index contributed by atoms with van der Waals surface area (Å²) in [5.41, 5.74) is 2.44. The van der Waals surface area contributed by atoms with Crippen LogP contribution in [0.1, 0.15) is 28.8 Å². The van der Waals surface area contributed by atoms with Gasteiger partial charge < -0.3 is 4.42 Å². The van der Waals surface area contributed by atoms with Gasteiger partial charge in [-0.15, -0.1) is 0 Å². The van der Waals surface area contributed by atoms with Gasteiger partial charge in [0.2, 0.25) is 0 Å². The number of para-hydroxylation sites is 1. The van der Waals surface area contributed by atoms with Gasteiger partial charge in [0.1, 0.15) is 22.8 Å². The number of amides is 1. The van der Waals surface area contributed by atoms with Gasteiger partial charge in [-0.3, -0.25) is 14.9 Å². The van der Waals surface area contributed by atoms with Crippen LogP contribution >= 0.6 is 0 Å². The highest BCUT2D eigenvalue weighted by Crippen LogP contribution is 2.17. The van der Waals surface area contributed by atoms with Gasteiger partial charge in [-0.05, 0) is 32.0 Å². The highest BCUT2D eigenvalue weighted by molar-refractivity contribution is 6.01. The van der Waals surface area contributed by atoms with E-state index in [0.717, 1.165) is 5.76 Å². The smallest absolute Gasteiger partial charge is 0.282 e. The number of nitro groups is 1. The van der Waals surface area contributed by atoms with Crippen LogP contribution in [0.5, 0.6) is 0 Å². The van der Waals surface area contributed by atoms with Gasteiger partial charge in [0.15, 0.2) is 0 Å². The van der Waals surface area contributed by atoms with Gasteiger partial charge in [-0.25, -0.2) is 5.43 Å². The van der Waals surface area contributed by atoms with E-state index in [1.165, 1.54) is 18.2 Å². The largest absolute Gasteiger partial charge is 0.460 e. The third kappa shape index (κ3) is 3.33. The average molecular weight is 287 g/mol. The molecule has 0 bridgehead atoms. The van der Waals surface area contributed by atoms with Crippen molar-refractivity contribution in [1.82, 2.24) is 5.43 Å². The molecule has 0 aliphatic heterocycles. The Hall–Kier alpha value is -2.96. The van der Waals surface area contributed by atoms with E-state index in [0.29, 0.717) is 11.5 Å². The van der Waals surface area contributed by atoms with Gasteiger partial charge in [-0.1, -0.05) is 12.1 Å². The van der Waals surface area contributed by atoms with E-state index in [4.69, 9.17) is 4.42 Å². The average Bonchev–Trinajstić information content (AvgIpc) is 2.91. The fourth-order valence-electron chi connectivity index (χ4n) is 1.70. The second-order valence-electron chi connectivity index (χ2n) is 4.32. The summed E-state index contributed by atoms with van der Waals surface area (Å²) in [6, 6.07) is 9.18. The van der Waals surface area contributed by atoms with Crippen LogP contribution in [-0.4, -0.2) is 16.5 Å². The van der Waals surface area contributed by atoms with Crippen molar-refractivity contribution >= 4 is 17.3 Å². The quantitative estimate of drug-likeness (QED) is 0.531. The van der Waals surface area contributed by atoms with Gasteiger partial charge in [0.25, 0.3) is 11.6 Å². The summed E-state index contributed by atoms with van der Waals surface area (Å²) in [6.45, 7) is 3.46. The fraction of sp³-hybridized carbons (Fsp3) is 0.143. The summed E-state index contributed by atoms with van der Waals surface area (Å²) >= 11 is 0. The maximum absolute atomic E-state index is 12.0. The Kier molecular flexibility index (Phi) is 4.13. The lowest BCUT2D eigenvalue weighted by atomic mass is 10.2. The van der Waals surface area contributed by atoms with Crippen LogP contribution < -0.4 is 5.43 Å². The molecular weight excluding hydrogens is 274 g/mol. The number of aryl methyl sites for hydroxylation is 1. The Morgan fingerprint density at radius 3 is 2.62 bits per heavy atom. The molecule has 108 valence electrons. The predicted octanol–water partition coefficient (Wildman–Crippen LogP) is 2.65. The maximum atomic E-state index is 12.0.